The van der Waals surface area contributed by atoms with Gasteiger partial charge in [-0.05, 0) is 19.4 Å². The lowest BCUT2D eigenvalue weighted by molar-refractivity contribution is 0.0946. The number of aliphatic hydroxyl groups excluding tert-OH is 1. The van der Waals surface area contributed by atoms with Crippen molar-refractivity contribution in [3.05, 3.63) is 41.0 Å². The van der Waals surface area contributed by atoms with Gasteiger partial charge in [0.2, 0.25) is 0 Å². The first-order valence-corrected chi connectivity index (χ1v) is 7.11. The van der Waals surface area contributed by atoms with Crippen molar-refractivity contribution >= 4 is 17.5 Å². The third kappa shape index (κ3) is 3.83. The van der Waals surface area contributed by atoms with Crippen LogP contribution in [0.15, 0.2) is 30.5 Å². The molecule has 1 aromatic heterocycles. The Kier molecular flexibility index (Phi) is 4.98. The summed E-state index contributed by atoms with van der Waals surface area (Å²) in [5, 5.41) is 16.9. The molecule has 5 nitrogen and oxygen atoms in total. The highest BCUT2D eigenvalue weighted by Gasteiger charge is 2.18. The van der Waals surface area contributed by atoms with E-state index in [1.807, 2.05) is 18.2 Å². The van der Waals surface area contributed by atoms with Gasteiger partial charge < -0.3 is 10.4 Å². The Morgan fingerprint density at radius 1 is 1.48 bits per heavy atom. The van der Waals surface area contributed by atoms with Gasteiger partial charge in [-0.1, -0.05) is 29.8 Å². The molecule has 0 aliphatic carbocycles. The van der Waals surface area contributed by atoms with E-state index in [9.17, 15) is 9.90 Å². The van der Waals surface area contributed by atoms with Gasteiger partial charge in [0.05, 0.1) is 16.7 Å². The number of aryl methyl sites for hydroxylation is 1. The van der Waals surface area contributed by atoms with E-state index in [2.05, 4.69) is 10.4 Å². The van der Waals surface area contributed by atoms with Crippen molar-refractivity contribution in [3.8, 4) is 11.3 Å². The van der Waals surface area contributed by atoms with Crippen LogP contribution in [0.4, 0.5) is 0 Å². The van der Waals surface area contributed by atoms with Crippen molar-refractivity contribution in [2.45, 2.75) is 19.4 Å². The number of rotatable bonds is 5. The summed E-state index contributed by atoms with van der Waals surface area (Å²) in [5.74, 6) is -0.223. The highest BCUT2D eigenvalue weighted by Crippen LogP contribution is 2.28. The minimum absolute atomic E-state index is 0.223. The van der Waals surface area contributed by atoms with Crippen LogP contribution in [0.25, 0.3) is 11.3 Å². The Morgan fingerprint density at radius 2 is 2.19 bits per heavy atom. The highest BCUT2D eigenvalue weighted by atomic mass is 35.5. The zero-order valence-electron chi connectivity index (χ0n) is 12.0. The van der Waals surface area contributed by atoms with E-state index in [1.54, 1.807) is 30.9 Å². The second kappa shape index (κ2) is 6.74. The standard InChI is InChI=1S/C15H18ClN3O2/c1-10(20)7-8-17-15(21)12-9-19(2)18-14(12)11-5-3-4-6-13(11)16/h3-6,9-10,20H,7-8H2,1-2H3,(H,17,21). The molecule has 0 saturated carbocycles. The van der Waals surface area contributed by atoms with Gasteiger partial charge >= 0.3 is 0 Å². The largest absolute Gasteiger partial charge is 0.393 e. The molecule has 1 heterocycles. The fourth-order valence-electron chi connectivity index (χ4n) is 2.00. The van der Waals surface area contributed by atoms with Crippen LogP contribution < -0.4 is 5.32 Å². The van der Waals surface area contributed by atoms with E-state index in [0.717, 1.165) is 5.56 Å². The molecule has 2 aromatic rings. The molecule has 0 fully saturated rings. The average molecular weight is 308 g/mol. The van der Waals surface area contributed by atoms with Crippen LogP contribution >= 0.6 is 11.6 Å². The summed E-state index contributed by atoms with van der Waals surface area (Å²) in [5.41, 5.74) is 1.74. The van der Waals surface area contributed by atoms with Crippen molar-refractivity contribution in [2.24, 2.45) is 7.05 Å². The zero-order valence-corrected chi connectivity index (χ0v) is 12.8. The van der Waals surface area contributed by atoms with Crippen LogP contribution in [0.5, 0.6) is 0 Å². The molecule has 1 amide bonds. The van der Waals surface area contributed by atoms with Crippen molar-refractivity contribution in [2.75, 3.05) is 6.54 Å². The van der Waals surface area contributed by atoms with E-state index < -0.39 is 6.10 Å². The minimum Gasteiger partial charge on any atom is -0.393 e. The lowest BCUT2D eigenvalue weighted by Crippen LogP contribution is -2.26. The first kappa shape index (κ1) is 15.5. The summed E-state index contributed by atoms with van der Waals surface area (Å²) < 4.78 is 1.59. The van der Waals surface area contributed by atoms with Crippen molar-refractivity contribution in [1.29, 1.82) is 0 Å². The second-order valence-electron chi connectivity index (χ2n) is 4.94. The summed E-state index contributed by atoms with van der Waals surface area (Å²) in [6.45, 7) is 2.10. The molecule has 1 aromatic carbocycles. The Hall–Kier alpha value is -1.85. The molecule has 1 atom stereocenters. The summed E-state index contributed by atoms with van der Waals surface area (Å²) in [7, 11) is 1.76. The van der Waals surface area contributed by atoms with E-state index in [4.69, 9.17) is 11.6 Å². The molecular formula is C15H18ClN3O2. The number of halogens is 1. The fraction of sp³-hybridized carbons (Fsp3) is 0.333. The molecule has 1 unspecified atom stereocenters. The van der Waals surface area contributed by atoms with Gasteiger partial charge in [-0.2, -0.15) is 5.10 Å². The van der Waals surface area contributed by atoms with Crippen LogP contribution in [0.1, 0.15) is 23.7 Å². The number of carbonyl (C=O) groups is 1. The Balaban J connectivity index is 2.25. The number of hydrogen-bond acceptors (Lipinski definition) is 3. The molecule has 0 bridgehead atoms. The maximum atomic E-state index is 12.3. The van der Waals surface area contributed by atoms with Crippen LogP contribution in [0.2, 0.25) is 5.02 Å². The van der Waals surface area contributed by atoms with E-state index >= 15 is 0 Å². The lowest BCUT2D eigenvalue weighted by atomic mass is 10.1. The topological polar surface area (TPSA) is 67.2 Å². The molecule has 0 aliphatic heterocycles. The van der Waals surface area contributed by atoms with Crippen LogP contribution in [0, 0.1) is 0 Å². The average Bonchev–Trinajstić information content (AvgIpc) is 2.80. The summed E-state index contributed by atoms with van der Waals surface area (Å²) >= 11 is 6.18. The maximum absolute atomic E-state index is 12.3. The number of aromatic nitrogens is 2. The van der Waals surface area contributed by atoms with Crippen LogP contribution in [0.3, 0.4) is 0 Å². The highest BCUT2D eigenvalue weighted by molar-refractivity contribution is 6.33. The third-order valence-corrected chi connectivity index (χ3v) is 3.38. The predicted molar refractivity (Wildman–Crippen MR) is 82.3 cm³/mol. The number of aliphatic hydroxyl groups is 1. The van der Waals surface area contributed by atoms with E-state index in [0.29, 0.717) is 29.2 Å². The molecule has 0 radical (unpaired) electrons. The van der Waals surface area contributed by atoms with Gasteiger partial charge in [-0.3, -0.25) is 9.48 Å². The maximum Gasteiger partial charge on any atom is 0.255 e. The molecule has 112 valence electrons. The first-order valence-electron chi connectivity index (χ1n) is 6.74. The van der Waals surface area contributed by atoms with Gasteiger partial charge in [0.15, 0.2) is 0 Å². The van der Waals surface area contributed by atoms with Crippen LogP contribution in [-0.2, 0) is 7.05 Å². The minimum atomic E-state index is -0.442. The molecule has 6 heteroatoms. The van der Waals surface area contributed by atoms with Gasteiger partial charge in [-0.25, -0.2) is 0 Å². The molecule has 0 aliphatic rings. The second-order valence-corrected chi connectivity index (χ2v) is 5.35. The van der Waals surface area contributed by atoms with E-state index in [1.165, 1.54) is 0 Å². The fourth-order valence-corrected chi connectivity index (χ4v) is 2.22. The Morgan fingerprint density at radius 3 is 2.86 bits per heavy atom. The smallest absolute Gasteiger partial charge is 0.255 e. The molecule has 0 spiro atoms. The number of hydrogen-bond donors (Lipinski definition) is 2. The quantitative estimate of drug-likeness (QED) is 0.890. The molecule has 0 saturated heterocycles. The van der Waals surface area contributed by atoms with Gasteiger partial charge in [0.1, 0.15) is 5.69 Å². The van der Waals surface area contributed by atoms with Crippen molar-refractivity contribution in [3.63, 3.8) is 0 Å². The third-order valence-electron chi connectivity index (χ3n) is 3.05. The normalized spacial score (nSPS) is 12.2. The van der Waals surface area contributed by atoms with Gasteiger partial charge in [-0.15, -0.1) is 0 Å². The summed E-state index contributed by atoms with van der Waals surface area (Å²) in [6.07, 6.45) is 1.73. The molecule has 21 heavy (non-hydrogen) atoms. The van der Waals surface area contributed by atoms with Crippen molar-refractivity contribution in [1.82, 2.24) is 15.1 Å². The van der Waals surface area contributed by atoms with Crippen molar-refractivity contribution < 1.29 is 9.90 Å². The van der Waals surface area contributed by atoms with E-state index in [-0.39, 0.29) is 5.91 Å². The van der Waals surface area contributed by atoms with Gasteiger partial charge in [0, 0.05) is 25.4 Å². The SMILES string of the molecule is CC(O)CCNC(=O)c1cn(C)nc1-c1ccccc1Cl. The summed E-state index contributed by atoms with van der Waals surface area (Å²) in [4.78, 5) is 12.3. The lowest BCUT2D eigenvalue weighted by Gasteiger charge is -2.07. The summed E-state index contributed by atoms with van der Waals surface area (Å²) in [6, 6.07) is 7.28. The predicted octanol–water partition coefficient (Wildman–Crippen LogP) is 2.24. The number of benzene rings is 1. The Labute approximate surface area is 128 Å². The molecular weight excluding hydrogens is 290 g/mol. The Bertz CT molecular complexity index is 638. The first-order chi connectivity index (χ1) is 9.99. The number of nitrogens with one attached hydrogen (secondary N) is 1. The zero-order chi connectivity index (χ0) is 15.4. The molecule has 2 N–H and O–H groups in total. The number of carbonyl (C=O) groups excluding carboxylic acids is 1. The van der Waals surface area contributed by atoms with Gasteiger partial charge in [0.25, 0.3) is 5.91 Å². The molecule has 2 rings (SSSR count). The number of nitrogens with zero attached hydrogens (tertiary/aromatic N) is 2. The van der Waals surface area contributed by atoms with Crippen LogP contribution in [-0.4, -0.2) is 33.4 Å². The number of amides is 1. The monoisotopic (exact) mass is 307 g/mol.